The molecule has 1 atom stereocenters. The first-order valence-corrected chi connectivity index (χ1v) is 5.66. The SMILES string of the molecule is CNCC(C)CNc1ncncc1I. The van der Waals surface area contributed by atoms with E-state index < -0.39 is 0 Å². The molecule has 1 unspecified atom stereocenters. The highest BCUT2D eigenvalue weighted by Crippen LogP contribution is 2.12. The first-order chi connectivity index (χ1) is 6.74. The Morgan fingerprint density at radius 3 is 2.93 bits per heavy atom. The summed E-state index contributed by atoms with van der Waals surface area (Å²) in [6, 6.07) is 0. The lowest BCUT2D eigenvalue weighted by molar-refractivity contribution is 0.568. The molecular weight excluding hydrogens is 291 g/mol. The Kier molecular flexibility index (Phi) is 5.10. The smallest absolute Gasteiger partial charge is 0.142 e. The van der Waals surface area contributed by atoms with E-state index >= 15 is 0 Å². The lowest BCUT2D eigenvalue weighted by atomic mass is 10.2. The van der Waals surface area contributed by atoms with Crippen LogP contribution in [0.4, 0.5) is 5.82 Å². The molecule has 0 aliphatic heterocycles. The van der Waals surface area contributed by atoms with Crippen molar-refractivity contribution < 1.29 is 0 Å². The van der Waals surface area contributed by atoms with E-state index in [2.05, 4.69) is 50.1 Å². The van der Waals surface area contributed by atoms with E-state index in [1.165, 1.54) is 0 Å². The zero-order valence-corrected chi connectivity index (χ0v) is 10.6. The van der Waals surface area contributed by atoms with E-state index in [0.717, 1.165) is 22.5 Å². The number of hydrogen-bond acceptors (Lipinski definition) is 4. The maximum absolute atomic E-state index is 4.16. The molecule has 0 aliphatic carbocycles. The number of nitrogens with zero attached hydrogens (tertiary/aromatic N) is 2. The van der Waals surface area contributed by atoms with Gasteiger partial charge in [0.1, 0.15) is 12.1 Å². The lowest BCUT2D eigenvalue weighted by Crippen LogP contribution is -2.23. The van der Waals surface area contributed by atoms with Crippen molar-refractivity contribution in [3.05, 3.63) is 16.1 Å². The molecule has 0 spiro atoms. The third-order valence-corrected chi connectivity index (χ3v) is 2.63. The van der Waals surface area contributed by atoms with E-state index in [-0.39, 0.29) is 0 Å². The normalized spacial score (nSPS) is 12.5. The molecule has 1 aromatic rings. The molecule has 0 bridgehead atoms. The number of hydrogen-bond donors (Lipinski definition) is 2. The zero-order valence-electron chi connectivity index (χ0n) is 8.42. The van der Waals surface area contributed by atoms with Crippen molar-refractivity contribution in [3.63, 3.8) is 0 Å². The van der Waals surface area contributed by atoms with Gasteiger partial charge >= 0.3 is 0 Å². The average molecular weight is 306 g/mol. The fourth-order valence-electron chi connectivity index (χ4n) is 1.13. The molecule has 0 fully saturated rings. The number of aromatic nitrogens is 2. The Hall–Kier alpha value is -0.430. The predicted molar refractivity (Wildman–Crippen MR) is 66.3 cm³/mol. The molecule has 1 rings (SSSR count). The van der Waals surface area contributed by atoms with Gasteiger partial charge < -0.3 is 10.6 Å². The molecular formula is C9H15IN4. The van der Waals surface area contributed by atoms with Crippen LogP contribution in [0.1, 0.15) is 6.92 Å². The van der Waals surface area contributed by atoms with Crippen molar-refractivity contribution in [2.24, 2.45) is 5.92 Å². The number of rotatable bonds is 5. The van der Waals surface area contributed by atoms with Crippen molar-refractivity contribution in [2.45, 2.75) is 6.92 Å². The monoisotopic (exact) mass is 306 g/mol. The Labute approximate surface area is 98.1 Å². The Morgan fingerprint density at radius 2 is 2.29 bits per heavy atom. The predicted octanol–water partition coefficient (Wildman–Crippen LogP) is 1.35. The summed E-state index contributed by atoms with van der Waals surface area (Å²) in [7, 11) is 1.96. The van der Waals surface area contributed by atoms with Gasteiger partial charge in [0.15, 0.2) is 0 Å². The molecule has 5 heteroatoms. The van der Waals surface area contributed by atoms with E-state index in [0.29, 0.717) is 5.92 Å². The van der Waals surface area contributed by atoms with Gasteiger partial charge in [-0.1, -0.05) is 6.92 Å². The summed E-state index contributed by atoms with van der Waals surface area (Å²) < 4.78 is 1.06. The molecule has 0 radical (unpaired) electrons. The number of nitrogens with one attached hydrogen (secondary N) is 2. The van der Waals surface area contributed by atoms with Gasteiger partial charge in [-0.05, 0) is 42.1 Å². The molecule has 1 aromatic heterocycles. The summed E-state index contributed by atoms with van der Waals surface area (Å²) in [5.41, 5.74) is 0. The highest BCUT2D eigenvalue weighted by Gasteiger charge is 2.03. The van der Waals surface area contributed by atoms with Crippen molar-refractivity contribution in [1.29, 1.82) is 0 Å². The van der Waals surface area contributed by atoms with Crippen LogP contribution in [0.5, 0.6) is 0 Å². The van der Waals surface area contributed by atoms with Gasteiger partial charge in [-0.3, -0.25) is 0 Å². The third-order valence-electron chi connectivity index (χ3n) is 1.84. The van der Waals surface area contributed by atoms with Crippen molar-refractivity contribution in [2.75, 3.05) is 25.5 Å². The second kappa shape index (κ2) is 6.13. The van der Waals surface area contributed by atoms with Gasteiger partial charge in [0.2, 0.25) is 0 Å². The fourth-order valence-corrected chi connectivity index (χ4v) is 1.63. The number of anilines is 1. The second-order valence-electron chi connectivity index (χ2n) is 3.26. The third kappa shape index (κ3) is 3.75. The fraction of sp³-hybridized carbons (Fsp3) is 0.556. The minimum atomic E-state index is 0.589. The van der Waals surface area contributed by atoms with Crippen molar-refractivity contribution in [3.8, 4) is 0 Å². The van der Waals surface area contributed by atoms with Crippen LogP contribution in [-0.2, 0) is 0 Å². The van der Waals surface area contributed by atoms with Gasteiger partial charge in [0.05, 0.1) is 3.57 Å². The second-order valence-corrected chi connectivity index (χ2v) is 4.43. The zero-order chi connectivity index (χ0) is 10.4. The Balaban J connectivity index is 2.41. The number of halogens is 1. The first kappa shape index (κ1) is 11.6. The van der Waals surface area contributed by atoms with Crippen LogP contribution in [0.25, 0.3) is 0 Å². The van der Waals surface area contributed by atoms with Crippen LogP contribution in [0.3, 0.4) is 0 Å². The maximum Gasteiger partial charge on any atom is 0.142 e. The molecule has 0 saturated heterocycles. The minimum Gasteiger partial charge on any atom is -0.369 e. The molecule has 0 aromatic carbocycles. The van der Waals surface area contributed by atoms with Gasteiger partial charge in [-0.2, -0.15) is 0 Å². The van der Waals surface area contributed by atoms with E-state index in [1.54, 1.807) is 12.5 Å². The van der Waals surface area contributed by atoms with Crippen LogP contribution in [-0.4, -0.2) is 30.1 Å². The van der Waals surface area contributed by atoms with Gasteiger partial charge in [-0.25, -0.2) is 9.97 Å². The Morgan fingerprint density at radius 1 is 1.50 bits per heavy atom. The highest BCUT2D eigenvalue weighted by molar-refractivity contribution is 14.1. The topological polar surface area (TPSA) is 49.8 Å². The molecule has 2 N–H and O–H groups in total. The van der Waals surface area contributed by atoms with E-state index in [9.17, 15) is 0 Å². The van der Waals surface area contributed by atoms with Crippen molar-refractivity contribution >= 4 is 28.4 Å². The standard InChI is InChI=1S/C9H15IN4/c1-7(3-11-2)4-13-9-8(10)5-12-6-14-9/h5-7,11H,3-4H2,1-2H3,(H,12,13,14). The molecule has 4 nitrogen and oxygen atoms in total. The molecule has 0 saturated carbocycles. The molecule has 0 amide bonds. The quantitative estimate of drug-likeness (QED) is 0.806. The summed E-state index contributed by atoms with van der Waals surface area (Å²) in [5, 5.41) is 6.44. The summed E-state index contributed by atoms with van der Waals surface area (Å²) in [5.74, 6) is 1.51. The van der Waals surface area contributed by atoms with Crippen LogP contribution in [0.2, 0.25) is 0 Å². The average Bonchev–Trinajstić information content (AvgIpc) is 2.17. The molecule has 78 valence electrons. The van der Waals surface area contributed by atoms with E-state index in [1.807, 2.05) is 7.05 Å². The van der Waals surface area contributed by atoms with E-state index in [4.69, 9.17) is 0 Å². The summed E-state index contributed by atoms with van der Waals surface area (Å²) >= 11 is 2.23. The highest BCUT2D eigenvalue weighted by atomic mass is 127. The van der Waals surface area contributed by atoms with Crippen LogP contribution in [0.15, 0.2) is 12.5 Å². The molecule has 14 heavy (non-hydrogen) atoms. The minimum absolute atomic E-state index is 0.589. The van der Waals surface area contributed by atoms with Crippen LogP contribution in [0, 0.1) is 9.49 Å². The van der Waals surface area contributed by atoms with Gasteiger partial charge in [0.25, 0.3) is 0 Å². The summed E-state index contributed by atoms with van der Waals surface area (Å²) in [6.45, 7) is 4.13. The van der Waals surface area contributed by atoms with Gasteiger partial charge in [0, 0.05) is 12.7 Å². The largest absolute Gasteiger partial charge is 0.369 e. The molecule has 1 heterocycles. The van der Waals surface area contributed by atoms with Crippen molar-refractivity contribution in [1.82, 2.24) is 15.3 Å². The molecule has 0 aliphatic rings. The van der Waals surface area contributed by atoms with Crippen LogP contribution >= 0.6 is 22.6 Å². The summed E-state index contributed by atoms with van der Waals surface area (Å²) in [4.78, 5) is 8.10. The lowest BCUT2D eigenvalue weighted by Gasteiger charge is -2.12. The van der Waals surface area contributed by atoms with Crippen LogP contribution < -0.4 is 10.6 Å². The first-order valence-electron chi connectivity index (χ1n) is 4.58. The Bertz CT molecular complexity index is 279. The van der Waals surface area contributed by atoms with Gasteiger partial charge in [-0.15, -0.1) is 0 Å². The maximum atomic E-state index is 4.16. The summed E-state index contributed by atoms with van der Waals surface area (Å²) in [6.07, 6.45) is 3.37.